The van der Waals surface area contributed by atoms with Crippen LogP contribution in [0.15, 0.2) is 48.5 Å². The molecule has 1 atom stereocenters. The van der Waals surface area contributed by atoms with E-state index in [1.54, 1.807) is 48.5 Å². The highest BCUT2D eigenvalue weighted by atomic mass is 32.2. The number of nitrogens with one attached hydrogen (secondary N) is 2. The first-order valence-corrected chi connectivity index (χ1v) is 12.3. The van der Waals surface area contributed by atoms with Gasteiger partial charge in [0.1, 0.15) is 5.75 Å². The second kappa shape index (κ2) is 11.5. The number of nitrogens with zero attached hydrogens (tertiary/aromatic N) is 1. The van der Waals surface area contributed by atoms with Crippen LogP contribution < -0.4 is 19.7 Å². The second-order valence-corrected chi connectivity index (χ2v) is 9.39. The molecule has 32 heavy (non-hydrogen) atoms. The summed E-state index contributed by atoms with van der Waals surface area (Å²) in [7, 11) is -2.10. The van der Waals surface area contributed by atoms with Gasteiger partial charge in [-0.2, -0.15) is 0 Å². The van der Waals surface area contributed by atoms with E-state index >= 15 is 0 Å². The predicted octanol–water partition coefficient (Wildman–Crippen LogP) is 3.41. The maximum absolute atomic E-state index is 12.5. The lowest BCUT2D eigenvalue weighted by molar-refractivity contribution is -0.116. The Kier molecular flexibility index (Phi) is 9.07. The molecule has 0 radical (unpaired) electrons. The molecule has 2 aromatic carbocycles. The molecular weight excluding hydrogens is 430 g/mol. The van der Waals surface area contributed by atoms with Crippen LogP contribution in [0.2, 0.25) is 0 Å². The fourth-order valence-corrected chi connectivity index (χ4v) is 4.06. The Bertz CT molecular complexity index is 1040. The number of hydrogen-bond donors (Lipinski definition) is 2. The first-order valence-electron chi connectivity index (χ1n) is 10.5. The molecule has 174 valence electrons. The van der Waals surface area contributed by atoms with Crippen molar-refractivity contribution < 1.29 is 22.7 Å². The Hall–Kier alpha value is -3.07. The van der Waals surface area contributed by atoms with E-state index in [2.05, 4.69) is 10.6 Å². The summed E-state index contributed by atoms with van der Waals surface area (Å²) in [4.78, 5) is 25.0. The number of sulfonamides is 1. The summed E-state index contributed by atoms with van der Waals surface area (Å²) in [5, 5.41) is 5.65. The van der Waals surface area contributed by atoms with Crippen molar-refractivity contribution >= 4 is 33.2 Å². The number of carbonyl (C=O) groups excluding carboxylic acids is 2. The van der Waals surface area contributed by atoms with Crippen molar-refractivity contribution in [3.8, 4) is 5.75 Å². The van der Waals surface area contributed by atoms with Crippen LogP contribution in [-0.4, -0.2) is 46.2 Å². The van der Waals surface area contributed by atoms with Crippen LogP contribution in [0.25, 0.3) is 0 Å². The summed E-state index contributed by atoms with van der Waals surface area (Å²) in [5.41, 5.74) is 1.22. The zero-order valence-electron chi connectivity index (χ0n) is 18.9. The Morgan fingerprint density at radius 3 is 2.41 bits per heavy atom. The highest BCUT2D eigenvalue weighted by Crippen LogP contribution is 2.29. The Morgan fingerprint density at radius 1 is 1.09 bits per heavy atom. The molecule has 0 saturated carbocycles. The third kappa shape index (κ3) is 6.98. The normalized spacial score (nSPS) is 12.0. The molecule has 0 aliphatic rings. The summed E-state index contributed by atoms with van der Waals surface area (Å²) in [5.74, 6) is -0.124. The molecule has 2 rings (SSSR count). The van der Waals surface area contributed by atoms with E-state index in [1.165, 1.54) is 11.4 Å². The van der Waals surface area contributed by atoms with Gasteiger partial charge in [0, 0.05) is 19.0 Å². The molecule has 0 bridgehead atoms. The van der Waals surface area contributed by atoms with Crippen molar-refractivity contribution in [3.63, 3.8) is 0 Å². The van der Waals surface area contributed by atoms with Crippen LogP contribution in [0.3, 0.4) is 0 Å². The molecule has 2 aromatic rings. The molecular formula is C23H31N3O5S. The highest BCUT2D eigenvalue weighted by molar-refractivity contribution is 7.92. The Balaban J connectivity index is 2.05. The lowest BCUT2D eigenvalue weighted by Crippen LogP contribution is -2.33. The van der Waals surface area contributed by atoms with Crippen LogP contribution >= 0.6 is 0 Å². The molecule has 0 aromatic heterocycles. The van der Waals surface area contributed by atoms with Crippen molar-refractivity contribution in [2.45, 2.75) is 39.2 Å². The summed E-state index contributed by atoms with van der Waals surface area (Å²) < 4.78 is 31.2. The van der Waals surface area contributed by atoms with E-state index < -0.39 is 10.0 Å². The van der Waals surface area contributed by atoms with Gasteiger partial charge >= 0.3 is 0 Å². The minimum absolute atomic E-state index is 0.0169. The van der Waals surface area contributed by atoms with Gasteiger partial charge in [-0.1, -0.05) is 31.2 Å². The zero-order valence-corrected chi connectivity index (χ0v) is 19.7. The average molecular weight is 462 g/mol. The van der Waals surface area contributed by atoms with Crippen molar-refractivity contribution in [2.24, 2.45) is 0 Å². The summed E-state index contributed by atoms with van der Waals surface area (Å²) in [6.07, 6.45) is 2.29. The standard InChI is InChI=1S/C23H31N3O5S/c1-5-17(2)24-23(28)18-11-6-7-12-19(18)25-22(27)15-10-16-26(32(4,29)30)20-13-8-9-14-21(20)31-3/h6-9,11-14,17H,5,10,15-16H2,1-4H3,(H,24,28)(H,25,27). The van der Waals surface area contributed by atoms with Crippen LogP contribution in [0.4, 0.5) is 11.4 Å². The predicted molar refractivity (Wildman–Crippen MR) is 127 cm³/mol. The Morgan fingerprint density at radius 2 is 1.75 bits per heavy atom. The number of ether oxygens (including phenoxy) is 1. The van der Waals surface area contributed by atoms with Gasteiger partial charge in [0.25, 0.3) is 5.91 Å². The number of anilines is 2. The number of para-hydroxylation sites is 3. The summed E-state index contributed by atoms with van der Waals surface area (Å²) in [6, 6.07) is 13.6. The van der Waals surface area contributed by atoms with E-state index in [-0.39, 0.29) is 37.2 Å². The van der Waals surface area contributed by atoms with Crippen LogP contribution in [0.1, 0.15) is 43.5 Å². The van der Waals surface area contributed by atoms with Gasteiger partial charge in [-0.25, -0.2) is 8.42 Å². The molecule has 0 fully saturated rings. The topological polar surface area (TPSA) is 105 Å². The van der Waals surface area contributed by atoms with E-state index in [1.807, 2.05) is 13.8 Å². The number of amides is 2. The molecule has 2 amide bonds. The highest BCUT2D eigenvalue weighted by Gasteiger charge is 2.21. The zero-order chi connectivity index (χ0) is 23.7. The molecule has 0 heterocycles. The maximum Gasteiger partial charge on any atom is 0.253 e. The van der Waals surface area contributed by atoms with Crippen LogP contribution in [-0.2, 0) is 14.8 Å². The number of rotatable bonds is 11. The van der Waals surface area contributed by atoms with Gasteiger partial charge in [-0.3, -0.25) is 13.9 Å². The number of carbonyl (C=O) groups is 2. The van der Waals surface area contributed by atoms with Crippen molar-refractivity contribution in [2.75, 3.05) is 29.5 Å². The first-order chi connectivity index (χ1) is 15.2. The molecule has 0 aliphatic carbocycles. The van der Waals surface area contributed by atoms with E-state index in [0.29, 0.717) is 22.7 Å². The van der Waals surface area contributed by atoms with Crippen molar-refractivity contribution in [3.05, 3.63) is 54.1 Å². The van der Waals surface area contributed by atoms with Crippen molar-refractivity contribution in [1.29, 1.82) is 0 Å². The fraction of sp³-hybridized carbons (Fsp3) is 0.391. The molecule has 0 spiro atoms. The van der Waals surface area contributed by atoms with Gasteiger partial charge in [-0.05, 0) is 44.0 Å². The minimum Gasteiger partial charge on any atom is -0.495 e. The molecule has 1 unspecified atom stereocenters. The van der Waals surface area contributed by atoms with Gasteiger partial charge in [0.2, 0.25) is 15.9 Å². The van der Waals surface area contributed by atoms with Crippen LogP contribution in [0, 0.1) is 0 Å². The minimum atomic E-state index is -3.57. The lowest BCUT2D eigenvalue weighted by Gasteiger charge is -2.24. The van der Waals surface area contributed by atoms with E-state index in [9.17, 15) is 18.0 Å². The number of hydrogen-bond acceptors (Lipinski definition) is 5. The van der Waals surface area contributed by atoms with E-state index in [0.717, 1.165) is 12.7 Å². The fourth-order valence-electron chi connectivity index (χ4n) is 3.09. The number of methoxy groups -OCH3 is 1. The third-order valence-corrected chi connectivity index (χ3v) is 6.13. The smallest absolute Gasteiger partial charge is 0.253 e. The molecule has 8 nitrogen and oxygen atoms in total. The lowest BCUT2D eigenvalue weighted by atomic mass is 10.1. The van der Waals surface area contributed by atoms with Gasteiger partial charge in [-0.15, -0.1) is 0 Å². The molecule has 0 aliphatic heterocycles. The second-order valence-electron chi connectivity index (χ2n) is 7.49. The van der Waals surface area contributed by atoms with Crippen molar-refractivity contribution in [1.82, 2.24) is 5.32 Å². The van der Waals surface area contributed by atoms with E-state index in [4.69, 9.17) is 4.74 Å². The van der Waals surface area contributed by atoms with Gasteiger partial charge < -0.3 is 15.4 Å². The summed E-state index contributed by atoms with van der Waals surface area (Å²) >= 11 is 0. The average Bonchev–Trinajstić information content (AvgIpc) is 2.76. The largest absolute Gasteiger partial charge is 0.495 e. The maximum atomic E-state index is 12.5. The molecule has 2 N–H and O–H groups in total. The van der Waals surface area contributed by atoms with Crippen LogP contribution in [0.5, 0.6) is 5.75 Å². The molecule has 9 heteroatoms. The van der Waals surface area contributed by atoms with Gasteiger partial charge in [0.15, 0.2) is 0 Å². The third-order valence-electron chi connectivity index (χ3n) is 4.95. The monoisotopic (exact) mass is 461 g/mol. The molecule has 0 saturated heterocycles. The quantitative estimate of drug-likeness (QED) is 0.534. The SMILES string of the molecule is CCC(C)NC(=O)c1ccccc1NC(=O)CCCN(c1ccccc1OC)S(C)(=O)=O. The Labute approximate surface area is 190 Å². The number of benzene rings is 2. The summed E-state index contributed by atoms with van der Waals surface area (Å²) in [6.45, 7) is 4.00. The first kappa shape index (κ1) is 25.2. The van der Waals surface area contributed by atoms with Gasteiger partial charge in [0.05, 0.1) is 30.3 Å².